The molecule has 0 aliphatic heterocycles. The molecule has 2 rings (SSSR count). The smallest absolute Gasteiger partial charge is 0.336 e. The van der Waals surface area contributed by atoms with Gasteiger partial charge in [0, 0.05) is 30.4 Å². The van der Waals surface area contributed by atoms with Crippen molar-refractivity contribution >= 4 is 23.2 Å². The number of fused-ring (bicyclic) bond motifs is 1. The van der Waals surface area contributed by atoms with E-state index in [1.807, 2.05) is 0 Å². The fraction of sp³-hybridized carbons (Fsp3) is 0.214. The van der Waals surface area contributed by atoms with Gasteiger partial charge in [-0.15, -0.1) is 0 Å². The van der Waals surface area contributed by atoms with Gasteiger partial charge in [0.25, 0.3) is 0 Å². The number of benzene rings is 1. The van der Waals surface area contributed by atoms with Crippen molar-refractivity contribution in [2.75, 3.05) is 7.11 Å². The standard InChI is InChI=1S/C14H12O6/c1-8(16)19-12-10(5-6-15)7-9-3-4-11(17)20-13(9)14(12)18-2/h3-4,6-7H,5H2,1-2H3. The van der Waals surface area contributed by atoms with Gasteiger partial charge < -0.3 is 18.7 Å². The Kier molecular flexibility index (Phi) is 3.84. The summed E-state index contributed by atoms with van der Waals surface area (Å²) in [6.07, 6.45) is 0.737. The fourth-order valence-corrected chi connectivity index (χ4v) is 1.90. The number of ether oxygens (including phenoxy) is 2. The van der Waals surface area contributed by atoms with Gasteiger partial charge in [0.05, 0.1) is 7.11 Å². The molecule has 0 N–H and O–H groups in total. The van der Waals surface area contributed by atoms with E-state index >= 15 is 0 Å². The van der Waals surface area contributed by atoms with E-state index in [0.717, 1.165) is 0 Å². The van der Waals surface area contributed by atoms with Crippen molar-refractivity contribution in [1.82, 2.24) is 0 Å². The molecule has 104 valence electrons. The van der Waals surface area contributed by atoms with Crippen LogP contribution in [0.15, 0.2) is 27.4 Å². The summed E-state index contributed by atoms with van der Waals surface area (Å²) < 4.78 is 15.3. The van der Waals surface area contributed by atoms with Gasteiger partial charge in [-0.3, -0.25) is 4.79 Å². The quantitative estimate of drug-likeness (QED) is 0.364. The zero-order valence-corrected chi connectivity index (χ0v) is 11.0. The highest BCUT2D eigenvalue weighted by molar-refractivity contribution is 5.89. The summed E-state index contributed by atoms with van der Waals surface area (Å²) in [6, 6.07) is 4.43. The van der Waals surface area contributed by atoms with Gasteiger partial charge in [-0.05, 0) is 12.1 Å². The Hall–Kier alpha value is -2.63. The van der Waals surface area contributed by atoms with E-state index in [0.29, 0.717) is 17.2 Å². The van der Waals surface area contributed by atoms with Crippen molar-refractivity contribution in [1.29, 1.82) is 0 Å². The topological polar surface area (TPSA) is 82.8 Å². The Labute approximate surface area is 113 Å². The van der Waals surface area contributed by atoms with Crippen molar-refractivity contribution in [2.24, 2.45) is 0 Å². The lowest BCUT2D eigenvalue weighted by Gasteiger charge is -2.13. The second-order valence-corrected chi connectivity index (χ2v) is 4.04. The van der Waals surface area contributed by atoms with Crippen molar-refractivity contribution < 1.29 is 23.5 Å². The first kappa shape index (κ1) is 13.8. The highest BCUT2D eigenvalue weighted by Gasteiger charge is 2.19. The van der Waals surface area contributed by atoms with Crippen LogP contribution >= 0.6 is 0 Å². The minimum Gasteiger partial charge on any atom is -0.490 e. The average molecular weight is 276 g/mol. The molecule has 6 nitrogen and oxygen atoms in total. The Morgan fingerprint density at radius 1 is 1.35 bits per heavy atom. The van der Waals surface area contributed by atoms with Crippen molar-refractivity contribution in [3.8, 4) is 11.5 Å². The molecule has 0 radical (unpaired) electrons. The molecule has 0 saturated carbocycles. The second-order valence-electron chi connectivity index (χ2n) is 4.04. The van der Waals surface area contributed by atoms with E-state index in [1.165, 1.54) is 20.1 Å². The monoisotopic (exact) mass is 276 g/mol. The molecule has 0 aliphatic carbocycles. The van der Waals surface area contributed by atoms with Crippen LogP contribution in [0.4, 0.5) is 0 Å². The zero-order valence-electron chi connectivity index (χ0n) is 11.0. The highest BCUT2D eigenvalue weighted by atomic mass is 16.6. The summed E-state index contributed by atoms with van der Waals surface area (Å²) in [5.74, 6) is -0.353. The molecule has 2 aromatic rings. The molecule has 1 aromatic heterocycles. The van der Waals surface area contributed by atoms with E-state index < -0.39 is 11.6 Å². The van der Waals surface area contributed by atoms with E-state index in [2.05, 4.69) is 0 Å². The minimum absolute atomic E-state index is 0.0496. The predicted octanol–water partition coefficient (Wildman–Crippen LogP) is 1.47. The molecule has 1 aromatic carbocycles. The second kappa shape index (κ2) is 5.56. The number of carbonyl (C=O) groups is 2. The molecule has 20 heavy (non-hydrogen) atoms. The van der Waals surface area contributed by atoms with Crippen LogP contribution in [-0.4, -0.2) is 19.4 Å². The van der Waals surface area contributed by atoms with Crippen molar-refractivity contribution in [3.63, 3.8) is 0 Å². The maximum atomic E-state index is 11.3. The molecule has 0 bridgehead atoms. The molecule has 0 atom stereocenters. The van der Waals surface area contributed by atoms with Crippen molar-refractivity contribution in [3.05, 3.63) is 34.2 Å². The van der Waals surface area contributed by atoms with E-state index in [1.54, 1.807) is 12.1 Å². The van der Waals surface area contributed by atoms with E-state index in [9.17, 15) is 14.4 Å². The van der Waals surface area contributed by atoms with Crippen molar-refractivity contribution in [2.45, 2.75) is 13.3 Å². The number of hydrogen-bond donors (Lipinski definition) is 0. The maximum absolute atomic E-state index is 11.3. The molecular formula is C14H12O6. The van der Waals surface area contributed by atoms with Crippen LogP contribution in [0.3, 0.4) is 0 Å². The van der Waals surface area contributed by atoms with Gasteiger partial charge in [-0.25, -0.2) is 4.79 Å². The first-order valence-corrected chi connectivity index (χ1v) is 5.82. The Morgan fingerprint density at radius 2 is 2.10 bits per heavy atom. The lowest BCUT2D eigenvalue weighted by atomic mass is 10.1. The van der Waals surface area contributed by atoms with Gasteiger partial charge in [0.1, 0.15) is 6.29 Å². The number of esters is 1. The van der Waals surface area contributed by atoms with Gasteiger partial charge >= 0.3 is 11.6 Å². The first-order valence-electron chi connectivity index (χ1n) is 5.82. The third kappa shape index (κ3) is 2.54. The van der Waals surface area contributed by atoms with Crippen LogP contribution in [0.25, 0.3) is 11.0 Å². The van der Waals surface area contributed by atoms with E-state index in [4.69, 9.17) is 13.9 Å². The van der Waals surface area contributed by atoms with Crippen LogP contribution in [0.5, 0.6) is 11.5 Å². The third-order valence-electron chi connectivity index (χ3n) is 2.65. The zero-order chi connectivity index (χ0) is 14.7. The molecule has 1 heterocycles. The van der Waals surface area contributed by atoms with Gasteiger partial charge in [-0.1, -0.05) is 0 Å². The molecular weight excluding hydrogens is 264 g/mol. The fourth-order valence-electron chi connectivity index (χ4n) is 1.90. The van der Waals surface area contributed by atoms with Gasteiger partial charge in [0.15, 0.2) is 11.3 Å². The normalized spacial score (nSPS) is 10.3. The minimum atomic E-state index is -0.562. The summed E-state index contributed by atoms with van der Waals surface area (Å²) in [7, 11) is 1.36. The Balaban J connectivity index is 2.81. The molecule has 0 aliphatic rings. The average Bonchev–Trinajstić information content (AvgIpc) is 2.39. The van der Waals surface area contributed by atoms with Crippen LogP contribution in [-0.2, 0) is 16.0 Å². The van der Waals surface area contributed by atoms with E-state index in [-0.39, 0.29) is 23.5 Å². The molecule has 0 fully saturated rings. The number of rotatable bonds is 4. The Bertz CT molecular complexity index is 728. The summed E-state index contributed by atoms with van der Waals surface area (Å²) >= 11 is 0. The number of hydrogen-bond acceptors (Lipinski definition) is 6. The largest absolute Gasteiger partial charge is 0.490 e. The van der Waals surface area contributed by atoms with Gasteiger partial charge in [-0.2, -0.15) is 0 Å². The summed E-state index contributed by atoms with van der Waals surface area (Å²) in [4.78, 5) is 33.2. The highest BCUT2D eigenvalue weighted by Crippen LogP contribution is 2.38. The third-order valence-corrected chi connectivity index (χ3v) is 2.65. The van der Waals surface area contributed by atoms with Gasteiger partial charge in [0.2, 0.25) is 5.75 Å². The molecule has 0 spiro atoms. The predicted molar refractivity (Wildman–Crippen MR) is 70.1 cm³/mol. The summed E-state index contributed by atoms with van der Waals surface area (Å²) in [5.41, 5.74) is 0.104. The van der Waals surface area contributed by atoms with Crippen LogP contribution in [0.1, 0.15) is 12.5 Å². The SMILES string of the molecule is COc1c(OC(C)=O)c(CC=O)cc2ccc(=O)oc12. The molecule has 6 heteroatoms. The van der Waals surface area contributed by atoms with Crippen LogP contribution < -0.4 is 15.1 Å². The number of carbonyl (C=O) groups excluding carboxylic acids is 2. The van der Waals surface area contributed by atoms with Crippen LogP contribution in [0, 0.1) is 0 Å². The number of methoxy groups -OCH3 is 1. The lowest BCUT2D eigenvalue weighted by molar-refractivity contribution is -0.132. The number of aldehydes is 1. The van der Waals surface area contributed by atoms with Crippen LogP contribution in [0.2, 0.25) is 0 Å². The summed E-state index contributed by atoms with van der Waals surface area (Å²) in [5, 5.41) is 0.578. The lowest BCUT2D eigenvalue weighted by Crippen LogP contribution is -2.07. The first-order chi connectivity index (χ1) is 9.56. The molecule has 0 amide bonds. The Morgan fingerprint density at radius 3 is 2.70 bits per heavy atom. The molecule has 0 saturated heterocycles. The maximum Gasteiger partial charge on any atom is 0.336 e. The summed E-state index contributed by atoms with van der Waals surface area (Å²) in [6.45, 7) is 1.23. The molecule has 0 unspecified atom stereocenters.